The zero-order valence-corrected chi connectivity index (χ0v) is 12.9. The van der Waals surface area contributed by atoms with Crippen molar-refractivity contribution in [1.29, 1.82) is 0 Å². The molecule has 0 aliphatic carbocycles. The Labute approximate surface area is 129 Å². The molecular weight excluding hydrogens is 278 g/mol. The van der Waals surface area contributed by atoms with Gasteiger partial charge >= 0.3 is 0 Å². The van der Waals surface area contributed by atoms with Crippen molar-refractivity contribution < 1.29 is 9.59 Å². The van der Waals surface area contributed by atoms with E-state index in [2.05, 4.69) is 10.3 Å². The van der Waals surface area contributed by atoms with Crippen LogP contribution < -0.4 is 11.1 Å². The van der Waals surface area contributed by atoms with Crippen molar-refractivity contribution in [1.82, 2.24) is 10.3 Å². The minimum atomic E-state index is -0.736. The van der Waals surface area contributed by atoms with E-state index in [0.29, 0.717) is 12.8 Å². The molecule has 0 aliphatic heterocycles. The fourth-order valence-corrected chi connectivity index (χ4v) is 2.28. The van der Waals surface area contributed by atoms with Gasteiger partial charge in [-0.1, -0.05) is 38.1 Å². The van der Waals surface area contributed by atoms with Gasteiger partial charge in [0.2, 0.25) is 11.8 Å². The molecular formula is C17H21N3O2. The van der Waals surface area contributed by atoms with Crippen LogP contribution in [0.15, 0.2) is 36.4 Å². The second kappa shape index (κ2) is 7.02. The van der Waals surface area contributed by atoms with Crippen molar-refractivity contribution in [2.24, 2.45) is 11.7 Å². The van der Waals surface area contributed by atoms with E-state index in [9.17, 15) is 9.59 Å². The van der Waals surface area contributed by atoms with E-state index in [0.717, 1.165) is 16.6 Å². The summed E-state index contributed by atoms with van der Waals surface area (Å²) in [6, 6.07) is 10.8. The molecule has 1 aromatic heterocycles. The van der Waals surface area contributed by atoms with Crippen LogP contribution in [0.1, 0.15) is 26.0 Å². The van der Waals surface area contributed by atoms with Crippen LogP contribution in [0.5, 0.6) is 0 Å². The van der Waals surface area contributed by atoms with Crippen molar-refractivity contribution in [2.75, 3.05) is 0 Å². The van der Waals surface area contributed by atoms with Gasteiger partial charge in [-0.05, 0) is 18.1 Å². The molecule has 5 heteroatoms. The minimum absolute atomic E-state index is 0.167. The first kappa shape index (κ1) is 15.9. The molecule has 0 aliphatic rings. The summed E-state index contributed by atoms with van der Waals surface area (Å²) in [5, 5.41) is 3.72. The SMILES string of the molecule is CC(C)CC(=O)N[C@@H](Cc1ccc2ccccc2n1)C(N)=O. The monoisotopic (exact) mass is 299 g/mol. The maximum Gasteiger partial charge on any atom is 0.240 e. The number of hydrogen-bond donors (Lipinski definition) is 2. The fraction of sp³-hybridized carbons (Fsp3) is 0.353. The molecule has 0 unspecified atom stereocenters. The van der Waals surface area contributed by atoms with Gasteiger partial charge in [0.05, 0.1) is 5.52 Å². The Bertz CT molecular complexity index is 682. The van der Waals surface area contributed by atoms with Crippen LogP contribution in [0, 0.1) is 5.92 Å². The van der Waals surface area contributed by atoms with Crippen LogP contribution in [-0.2, 0) is 16.0 Å². The number of nitrogens with zero attached hydrogens (tertiary/aromatic N) is 1. The average molecular weight is 299 g/mol. The lowest BCUT2D eigenvalue weighted by atomic mass is 10.1. The average Bonchev–Trinajstić information content (AvgIpc) is 2.45. The lowest BCUT2D eigenvalue weighted by Gasteiger charge is -2.16. The third-order valence-corrected chi connectivity index (χ3v) is 3.34. The molecule has 1 aromatic carbocycles. The predicted molar refractivity (Wildman–Crippen MR) is 86.0 cm³/mol. The summed E-state index contributed by atoms with van der Waals surface area (Å²) in [5.41, 5.74) is 6.98. The van der Waals surface area contributed by atoms with Crippen molar-refractivity contribution in [3.05, 3.63) is 42.1 Å². The summed E-state index contributed by atoms with van der Waals surface area (Å²) in [7, 11) is 0. The second-order valence-corrected chi connectivity index (χ2v) is 5.82. The Morgan fingerprint density at radius 2 is 1.91 bits per heavy atom. The number of pyridine rings is 1. The lowest BCUT2D eigenvalue weighted by Crippen LogP contribution is -2.46. The summed E-state index contributed by atoms with van der Waals surface area (Å²) < 4.78 is 0. The van der Waals surface area contributed by atoms with Gasteiger partial charge in [-0.15, -0.1) is 0 Å². The fourth-order valence-electron chi connectivity index (χ4n) is 2.28. The van der Waals surface area contributed by atoms with Gasteiger partial charge in [-0.3, -0.25) is 14.6 Å². The number of para-hydroxylation sites is 1. The van der Waals surface area contributed by atoms with Crippen molar-refractivity contribution in [3.63, 3.8) is 0 Å². The summed E-state index contributed by atoms with van der Waals surface area (Å²) in [6.07, 6.45) is 0.666. The highest BCUT2D eigenvalue weighted by molar-refractivity contribution is 5.87. The van der Waals surface area contributed by atoms with Gasteiger partial charge in [-0.2, -0.15) is 0 Å². The normalized spacial score (nSPS) is 12.3. The van der Waals surface area contributed by atoms with Crippen LogP contribution in [0.2, 0.25) is 0 Å². The number of primary amides is 1. The molecule has 2 aromatic rings. The molecule has 0 saturated heterocycles. The van der Waals surface area contributed by atoms with Gasteiger partial charge in [0.25, 0.3) is 0 Å². The Morgan fingerprint density at radius 1 is 1.18 bits per heavy atom. The van der Waals surface area contributed by atoms with E-state index >= 15 is 0 Å². The van der Waals surface area contributed by atoms with E-state index in [1.807, 2.05) is 50.2 Å². The Hall–Kier alpha value is -2.43. The molecule has 2 rings (SSSR count). The predicted octanol–water partition coefficient (Wildman–Crippen LogP) is 1.79. The Balaban J connectivity index is 2.12. The summed E-state index contributed by atoms with van der Waals surface area (Å²) in [5.74, 6) is -0.487. The maximum atomic E-state index is 11.8. The van der Waals surface area contributed by atoms with Crippen molar-refractivity contribution in [2.45, 2.75) is 32.7 Å². The lowest BCUT2D eigenvalue weighted by molar-refractivity contribution is -0.127. The molecule has 1 atom stereocenters. The van der Waals surface area contributed by atoms with Crippen LogP contribution in [0.25, 0.3) is 10.9 Å². The number of nitrogens with two attached hydrogens (primary N) is 1. The number of nitrogens with one attached hydrogen (secondary N) is 1. The van der Waals surface area contributed by atoms with E-state index in [-0.39, 0.29) is 11.8 Å². The number of hydrogen-bond acceptors (Lipinski definition) is 3. The topological polar surface area (TPSA) is 85.1 Å². The minimum Gasteiger partial charge on any atom is -0.368 e. The third kappa shape index (κ3) is 4.28. The van der Waals surface area contributed by atoms with E-state index in [4.69, 9.17) is 5.73 Å². The van der Waals surface area contributed by atoms with Gasteiger partial charge in [0.1, 0.15) is 6.04 Å². The summed E-state index contributed by atoms with van der Waals surface area (Å²) >= 11 is 0. The Kier molecular flexibility index (Phi) is 5.09. The smallest absolute Gasteiger partial charge is 0.240 e. The van der Waals surface area contributed by atoms with E-state index in [1.165, 1.54) is 0 Å². The number of benzene rings is 1. The first-order valence-corrected chi connectivity index (χ1v) is 7.39. The van der Waals surface area contributed by atoms with Crippen molar-refractivity contribution in [3.8, 4) is 0 Å². The van der Waals surface area contributed by atoms with Gasteiger partial charge in [-0.25, -0.2) is 0 Å². The molecule has 0 bridgehead atoms. The molecule has 0 spiro atoms. The van der Waals surface area contributed by atoms with E-state index < -0.39 is 11.9 Å². The molecule has 2 amide bonds. The third-order valence-electron chi connectivity index (χ3n) is 3.34. The largest absolute Gasteiger partial charge is 0.368 e. The molecule has 1 heterocycles. The number of amides is 2. The standard InChI is InChI=1S/C17H21N3O2/c1-11(2)9-16(21)20-15(17(18)22)10-13-8-7-12-5-3-4-6-14(12)19-13/h3-8,11,15H,9-10H2,1-2H3,(H2,18,22)(H,20,21)/t15-/m0/s1. The maximum absolute atomic E-state index is 11.8. The number of carbonyl (C=O) groups is 2. The highest BCUT2D eigenvalue weighted by Crippen LogP contribution is 2.13. The van der Waals surface area contributed by atoms with Crippen LogP contribution >= 0.6 is 0 Å². The highest BCUT2D eigenvalue weighted by Gasteiger charge is 2.19. The van der Waals surface area contributed by atoms with Gasteiger partial charge < -0.3 is 11.1 Å². The number of fused-ring (bicyclic) bond motifs is 1. The number of rotatable bonds is 6. The highest BCUT2D eigenvalue weighted by atomic mass is 16.2. The first-order valence-electron chi connectivity index (χ1n) is 7.39. The molecule has 0 fully saturated rings. The molecule has 0 saturated carbocycles. The van der Waals surface area contributed by atoms with Crippen molar-refractivity contribution >= 4 is 22.7 Å². The van der Waals surface area contributed by atoms with Gasteiger partial charge in [0, 0.05) is 23.9 Å². The first-order chi connectivity index (χ1) is 10.5. The Morgan fingerprint density at radius 3 is 2.59 bits per heavy atom. The molecule has 3 N–H and O–H groups in total. The molecule has 0 radical (unpaired) electrons. The zero-order chi connectivity index (χ0) is 16.1. The number of aromatic nitrogens is 1. The zero-order valence-electron chi connectivity index (χ0n) is 12.9. The van der Waals surface area contributed by atoms with Crippen LogP contribution in [0.4, 0.5) is 0 Å². The van der Waals surface area contributed by atoms with E-state index in [1.54, 1.807) is 0 Å². The second-order valence-electron chi connectivity index (χ2n) is 5.82. The molecule has 5 nitrogen and oxygen atoms in total. The summed E-state index contributed by atoms with van der Waals surface area (Å²) in [4.78, 5) is 27.9. The number of carbonyl (C=O) groups excluding carboxylic acids is 2. The van der Waals surface area contributed by atoms with Crippen LogP contribution in [0.3, 0.4) is 0 Å². The summed E-state index contributed by atoms with van der Waals surface area (Å²) in [6.45, 7) is 3.90. The molecule has 22 heavy (non-hydrogen) atoms. The molecule has 116 valence electrons. The quantitative estimate of drug-likeness (QED) is 0.852. The van der Waals surface area contributed by atoms with Gasteiger partial charge in [0.15, 0.2) is 0 Å². The van der Waals surface area contributed by atoms with Crippen LogP contribution in [-0.4, -0.2) is 22.8 Å².